The molecule has 6 nitrogen and oxygen atoms in total. The number of rotatable bonds is 5. The van der Waals surface area contributed by atoms with Crippen molar-refractivity contribution in [1.29, 1.82) is 0 Å². The maximum absolute atomic E-state index is 12.7. The molecule has 2 heterocycles. The van der Waals surface area contributed by atoms with E-state index in [9.17, 15) is 4.79 Å². The van der Waals surface area contributed by atoms with Gasteiger partial charge < -0.3 is 19.7 Å². The molecule has 1 N–H and O–H groups in total. The van der Waals surface area contributed by atoms with Gasteiger partial charge in [0.15, 0.2) is 11.5 Å². The Morgan fingerprint density at radius 2 is 2.08 bits per heavy atom. The highest BCUT2D eigenvalue weighted by molar-refractivity contribution is 5.90. The minimum Gasteiger partial charge on any atom is -0.493 e. The number of methoxy groups -OCH3 is 1. The monoisotopic (exact) mass is 341 g/mol. The molecule has 1 aromatic heterocycles. The number of pyridine rings is 1. The van der Waals surface area contributed by atoms with E-state index in [1.807, 2.05) is 30.0 Å². The summed E-state index contributed by atoms with van der Waals surface area (Å²) in [6.07, 6.45) is 5.49. The number of nitrogens with one attached hydrogen (secondary N) is 1. The van der Waals surface area contributed by atoms with E-state index in [0.717, 1.165) is 24.9 Å². The molecule has 1 saturated heterocycles. The topological polar surface area (TPSA) is 63.7 Å². The Balaban J connectivity index is 1.74. The smallest absolute Gasteiger partial charge is 0.322 e. The number of likely N-dealkylation sites (tertiary alicyclic amines) is 1. The highest BCUT2D eigenvalue weighted by atomic mass is 16.5. The highest BCUT2D eigenvalue weighted by Crippen LogP contribution is 2.33. The molecule has 1 fully saturated rings. The van der Waals surface area contributed by atoms with Crippen molar-refractivity contribution in [3.05, 3.63) is 48.3 Å². The van der Waals surface area contributed by atoms with Crippen LogP contribution in [0.2, 0.25) is 0 Å². The van der Waals surface area contributed by atoms with E-state index in [1.54, 1.807) is 31.6 Å². The van der Waals surface area contributed by atoms with Crippen molar-refractivity contribution in [2.24, 2.45) is 0 Å². The van der Waals surface area contributed by atoms with Crippen LogP contribution in [0.5, 0.6) is 11.5 Å². The van der Waals surface area contributed by atoms with Gasteiger partial charge in [-0.25, -0.2) is 4.79 Å². The second kappa shape index (κ2) is 7.88. The first-order valence-electron chi connectivity index (χ1n) is 8.51. The predicted molar refractivity (Wildman–Crippen MR) is 96.1 cm³/mol. The van der Waals surface area contributed by atoms with Crippen molar-refractivity contribution < 1.29 is 14.3 Å². The Hall–Kier alpha value is -2.76. The number of benzene rings is 1. The minimum atomic E-state index is -0.105. The molecule has 1 aliphatic heterocycles. The molecule has 0 spiro atoms. The molecule has 0 radical (unpaired) electrons. The average molecular weight is 341 g/mol. The van der Waals surface area contributed by atoms with Crippen LogP contribution in [0.25, 0.3) is 0 Å². The lowest BCUT2D eigenvalue weighted by Crippen LogP contribution is -2.34. The molecule has 1 unspecified atom stereocenters. The standard InChI is InChI=1S/C19H23N3O3/c1-3-25-18-13-15(6-7-17(18)24-2)21-19(23)22-12-4-5-16(22)14-8-10-20-11-9-14/h6-11,13,16H,3-5,12H2,1-2H3,(H,21,23). The zero-order valence-electron chi connectivity index (χ0n) is 14.6. The zero-order valence-corrected chi connectivity index (χ0v) is 14.6. The first-order chi connectivity index (χ1) is 12.2. The summed E-state index contributed by atoms with van der Waals surface area (Å²) in [4.78, 5) is 18.7. The van der Waals surface area contributed by atoms with Crippen molar-refractivity contribution >= 4 is 11.7 Å². The molecule has 1 aromatic carbocycles. The van der Waals surface area contributed by atoms with Crippen molar-refractivity contribution in [2.45, 2.75) is 25.8 Å². The number of hydrogen-bond donors (Lipinski definition) is 1. The number of aromatic nitrogens is 1. The number of nitrogens with zero attached hydrogens (tertiary/aromatic N) is 2. The van der Waals surface area contributed by atoms with Gasteiger partial charge in [0.25, 0.3) is 0 Å². The number of amides is 2. The van der Waals surface area contributed by atoms with Crippen LogP contribution in [-0.2, 0) is 0 Å². The van der Waals surface area contributed by atoms with Gasteiger partial charge in [-0.05, 0) is 49.6 Å². The van der Waals surface area contributed by atoms with Crippen molar-refractivity contribution in [2.75, 3.05) is 25.6 Å². The van der Waals surface area contributed by atoms with Gasteiger partial charge in [-0.1, -0.05) is 0 Å². The summed E-state index contributed by atoms with van der Waals surface area (Å²) in [6.45, 7) is 3.19. The summed E-state index contributed by atoms with van der Waals surface area (Å²) < 4.78 is 10.8. The molecule has 3 rings (SSSR count). The maximum Gasteiger partial charge on any atom is 0.322 e. The Bertz CT molecular complexity index is 721. The Labute approximate surface area is 147 Å². The summed E-state index contributed by atoms with van der Waals surface area (Å²) in [5.41, 5.74) is 1.81. The molecule has 1 aliphatic rings. The molecule has 132 valence electrons. The molecule has 25 heavy (non-hydrogen) atoms. The molecular weight excluding hydrogens is 318 g/mol. The van der Waals surface area contributed by atoms with Gasteiger partial charge in [0, 0.05) is 30.7 Å². The van der Waals surface area contributed by atoms with Gasteiger partial charge in [-0.15, -0.1) is 0 Å². The van der Waals surface area contributed by atoms with Gasteiger partial charge in [0.05, 0.1) is 19.8 Å². The first-order valence-corrected chi connectivity index (χ1v) is 8.51. The van der Waals surface area contributed by atoms with Crippen LogP contribution >= 0.6 is 0 Å². The summed E-state index contributed by atoms with van der Waals surface area (Å²) in [5, 5.41) is 2.97. The number of hydrogen-bond acceptors (Lipinski definition) is 4. The van der Waals surface area contributed by atoms with Crippen LogP contribution < -0.4 is 14.8 Å². The summed E-state index contributed by atoms with van der Waals surface area (Å²) in [5.74, 6) is 1.27. The second-order valence-electron chi connectivity index (χ2n) is 5.86. The van der Waals surface area contributed by atoms with Crippen LogP contribution in [0, 0.1) is 0 Å². The molecule has 0 aliphatic carbocycles. The van der Waals surface area contributed by atoms with Gasteiger partial charge in [0.2, 0.25) is 0 Å². The highest BCUT2D eigenvalue weighted by Gasteiger charge is 2.30. The number of urea groups is 1. The van der Waals surface area contributed by atoms with Crippen molar-refractivity contribution in [1.82, 2.24) is 9.88 Å². The molecule has 2 amide bonds. The van der Waals surface area contributed by atoms with Crippen LogP contribution in [0.15, 0.2) is 42.7 Å². The maximum atomic E-state index is 12.7. The van der Waals surface area contributed by atoms with E-state index in [4.69, 9.17) is 9.47 Å². The Morgan fingerprint density at radius 3 is 2.80 bits per heavy atom. The molecule has 2 aromatic rings. The van der Waals surface area contributed by atoms with E-state index >= 15 is 0 Å². The van der Waals surface area contributed by atoms with Gasteiger partial charge in [-0.3, -0.25) is 4.98 Å². The molecule has 1 atom stereocenters. The summed E-state index contributed by atoms with van der Waals surface area (Å²) in [6, 6.07) is 9.33. The summed E-state index contributed by atoms with van der Waals surface area (Å²) >= 11 is 0. The molecular formula is C19H23N3O3. The third-order valence-electron chi connectivity index (χ3n) is 4.32. The van der Waals surface area contributed by atoms with Crippen LogP contribution in [0.3, 0.4) is 0 Å². The third-order valence-corrected chi connectivity index (χ3v) is 4.32. The number of ether oxygens (including phenoxy) is 2. The lowest BCUT2D eigenvalue weighted by molar-refractivity contribution is 0.207. The Kier molecular flexibility index (Phi) is 5.38. The fraction of sp³-hybridized carbons (Fsp3) is 0.368. The zero-order chi connectivity index (χ0) is 17.6. The predicted octanol–water partition coefficient (Wildman–Crippen LogP) is 3.86. The first kappa shape index (κ1) is 17.1. The average Bonchev–Trinajstić information content (AvgIpc) is 3.13. The second-order valence-corrected chi connectivity index (χ2v) is 5.86. The summed E-state index contributed by atoms with van der Waals surface area (Å²) in [7, 11) is 1.60. The number of carbonyl (C=O) groups is 1. The van der Waals surface area contributed by atoms with E-state index in [2.05, 4.69) is 10.3 Å². The molecule has 0 saturated carbocycles. The number of carbonyl (C=O) groups excluding carboxylic acids is 1. The third kappa shape index (κ3) is 3.84. The van der Waals surface area contributed by atoms with Gasteiger partial charge in [-0.2, -0.15) is 0 Å². The van der Waals surface area contributed by atoms with Crippen LogP contribution in [0.4, 0.5) is 10.5 Å². The quantitative estimate of drug-likeness (QED) is 0.897. The largest absolute Gasteiger partial charge is 0.493 e. The lowest BCUT2D eigenvalue weighted by Gasteiger charge is -2.25. The number of anilines is 1. The normalized spacial score (nSPS) is 16.6. The van der Waals surface area contributed by atoms with E-state index in [0.29, 0.717) is 23.8 Å². The SMILES string of the molecule is CCOc1cc(NC(=O)N2CCCC2c2ccncc2)ccc1OC. The van der Waals surface area contributed by atoms with Crippen LogP contribution in [0.1, 0.15) is 31.4 Å². The van der Waals surface area contributed by atoms with Gasteiger partial charge >= 0.3 is 6.03 Å². The minimum absolute atomic E-state index is 0.0904. The van der Waals surface area contributed by atoms with E-state index in [1.165, 1.54) is 0 Å². The van der Waals surface area contributed by atoms with Gasteiger partial charge in [0.1, 0.15) is 0 Å². The lowest BCUT2D eigenvalue weighted by atomic mass is 10.1. The molecule has 0 bridgehead atoms. The molecule has 6 heteroatoms. The van der Waals surface area contributed by atoms with Crippen molar-refractivity contribution in [3.63, 3.8) is 0 Å². The fourth-order valence-electron chi connectivity index (χ4n) is 3.16. The van der Waals surface area contributed by atoms with E-state index in [-0.39, 0.29) is 12.1 Å². The Morgan fingerprint density at radius 1 is 1.28 bits per heavy atom. The van der Waals surface area contributed by atoms with E-state index < -0.39 is 0 Å². The van der Waals surface area contributed by atoms with Crippen LogP contribution in [-0.4, -0.2) is 36.2 Å². The fourth-order valence-corrected chi connectivity index (χ4v) is 3.16. The van der Waals surface area contributed by atoms with Crippen molar-refractivity contribution in [3.8, 4) is 11.5 Å².